The van der Waals surface area contributed by atoms with Crippen molar-refractivity contribution in [2.24, 2.45) is 7.05 Å². The summed E-state index contributed by atoms with van der Waals surface area (Å²) in [6, 6.07) is 11.5. The first kappa shape index (κ1) is 13.8. The summed E-state index contributed by atoms with van der Waals surface area (Å²) < 4.78 is 2.66. The third kappa shape index (κ3) is 2.69. The normalized spacial score (nSPS) is 10.8. The van der Waals surface area contributed by atoms with Crippen molar-refractivity contribution in [2.45, 2.75) is 6.92 Å². The maximum Gasteiger partial charge on any atom is 0.272 e. The molecule has 0 aliphatic rings. The summed E-state index contributed by atoms with van der Waals surface area (Å²) in [5.74, 6) is -0.154. The van der Waals surface area contributed by atoms with Crippen LogP contribution in [0.1, 0.15) is 16.2 Å². The van der Waals surface area contributed by atoms with Gasteiger partial charge in [0.05, 0.1) is 11.2 Å². The third-order valence-corrected chi connectivity index (χ3v) is 3.75. The summed E-state index contributed by atoms with van der Waals surface area (Å²) in [5, 5.41) is 3.95. The molecule has 3 rings (SSSR count). The molecule has 21 heavy (non-hydrogen) atoms. The maximum absolute atomic E-state index is 12.4. The summed E-state index contributed by atoms with van der Waals surface area (Å²) in [4.78, 5) is 16.9. The number of carbonyl (C=O) groups excluding carboxylic acids is 1. The van der Waals surface area contributed by atoms with E-state index in [0.717, 1.165) is 26.8 Å². The van der Waals surface area contributed by atoms with Crippen LogP contribution in [0.2, 0.25) is 0 Å². The Morgan fingerprint density at radius 2 is 2.10 bits per heavy atom. The quantitative estimate of drug-likeness (QED) is 0.767. The fourth-order valence-corrected chi connectivity index (χ4v) is 2.81. The lowest BCUT2D eigenvalue weighted by Crippen LogP contribution is -2.15. The Kier molecular flexibility index (Phi) is 3.51. The topological polar surface area (TPSA) is 46.9 Å². The number of benzene rings is 1. The molecular weight excluding hydrogens is 330 g/mol. The predicted octanol–water partition coefficient (Wildman–Crippen LogP) is 3.90. The number of rotatable bonds is 2. The van der Waals surface area contributed by atoms with Gasteiger partial charge in [0, 0.05) is 28.8 Å². The standard InChI is InChI=1S/C16H14BrN3O/c1-10-6-7-11-4-3-5-13(15(11)18-10)19-16(21)14-8-12(17)9-20(14)2/h3-9H,1-2H3,(H,19,21). The molecule has 1 aromatic carbocycles. The molecule has 0 aliphatic heterocycles. The van der Waals surface area contributed by atoms with Crippen LogP contribution in [0.5, 0.6) is 0 Å². The number of nitrogens with zero attached hydrogens (tertiary/aromatic N) is 2. The molecule has 0 saturated carbocycles. The van der Waals surface area contributed by atoms with E-state index in [2.05, 4.69) is 26.2 Å². The lowest BCUT2D eigenvalue weighted by molar-refractivity contribution is 0.101. The molecule has 0 radical (unpaired) electrons. The Hall–Kier alpha value is -2.14. The van der Waals surface area contributed by atoms with Gasteiger partial charge in [0.1, 0.15) is 5.69 Å². The molecule has 2 aromatic heterocycles. The molecule has 106 valence electrons. The molecule has 5 heteroatoms. The second-order valence-electron chi connectivity index (χ2n) is 4.94. The molecule has 1 N–H and O–H groups in total. The summed E-state index contributed by atoms with van der Waals surface area (Å²) >= 11 is 3.37. The number of fused-ring (bicyclic) bond motifs is 1. The Balaban J connectivity index is 2.00. The molecule has 0 bridgehead atoms. The monoisotopic (exact) mass is 343 g/mol. The smallest absolute Gasteiger partial charge is 0.272 e. The first-order valence-corrected chi connectivity index (χ1v) is 7.33. The number of hydrogen-bond acceptors (Lipinski definition) is 2. The molecular formula is C16H14BrN3O. The van der Waals surface area contributed by atoms with Gasteiger partial charge in [-0.1, -0.05) is 18.2 Å². The summed E-state index contributed by atoms with van der Waals surface area (Å²) in [6.07, 6.45) is 1.85. The van der Waals surface area contributed by atoms with Crippen molar-refractivity contribution < 1.29 is 4.79 Å². The van der Waals surface area contributed by atoms with Crippen molar-refractivity contribution in [1.82, 2.24) is 9.55 Å². The minimum Gasteiger partial charge on any atom is -0.345 e. The molecule has 0 aliphatic carbocycles. The Morgan fingerprint density at radius 3 is 2.81 bits per heavy atom. The van der Waals surface area contributed by atoms with E-state index in [1.54, 1.807) is 10.6 Å². The Labute approximate surface area is 130 Å². The van der Waals surface area contributed by atoms with E-state index in [4.69, 9.17) is 0 Å². The zero-order valence-corrected chi connectivity index (χ0v) is 13.3. The van der Waals surface area contributed by atoms with Gasteiger partial charge >= 0.3 is 0 Å². The second-order valence-corrected chi connectivity index (χ2v) is 5.85. The van der Waals surface area contributed by atoms with Gasteiger partial charge in [0.15, 0.2) is 0 Å². The van der Waals surface area contributed by atoms with Crippen molar-refractivity contribution in [2.75, 3.05) is 5.32 Å². The summed E-state index contributed by atoms with van der Waals surface area (Å²) in [6.45, 7) is 1.94. The number of carbonyl (C=O) groups is 1. The largest absolute Gasteiger partial charge is 0.345 e. The van der Waals surface area contributed by atoms with E-state index in [1.165, 1.54) is 0 Å². The van der Waals surface area contributed by atoms with Crippen LogP contribution < -0.4 is 5.32 Å². The molecule has 0 fully saturated rings. The minimum atomic E-state index is -0.154. The van der Waals surface area contributed by atoms with Crippen molar-refractivity contribution in [3.05, 3.63) is 58.5 Å². The first-order chi connectivity index (χ1) is 10.0. The number of aryl methyl sites for hydroxylation is 2. The van der Waals surface area contributed by atoms with Crippen molar-refractivity contribution in [3.8, 4) is 0 Å². The number of nitrogens with one attached hydrogen (secondary N) is 1. The minimum absolute atomic E-state index is 0.154. The molecule has 0 unspecified atom stereocenters. The highest BCUT2D eigenvalue weighted by molar-refractivity contribution is 9.10. The number of anilines is 1. The second kappa shape index (κ2) is 5.33. The van der Waals surface area contributed by atoms with Crippen LogP contribution in [0.25, 0.3) is 10.9 Å². The maximum atomic E-state index is 12.4. The van der Waals surface area contributed by atoms with E-state index in [9.17, 15) is 4.79 Å². The summed E-state index contributed by atoms with van der Waals surface area (Å²) in [5.41, 5.74) is 3.04. The first-order valence-electron chi connectivity index (χ1n) is 6.54. The van der Waals surface area contributed by atoms with Crippen LogP contribution in [0.15, 0.2) is 47.1 Å². The van der Waals surface area contributed by atoms with Gasteiger partial charge in [-0.2, -0.15) is 0 Å². The highest BCUT2D eigenvalue weighted by atomic mass is 79.9. The zero-order valence-electron chi connectivity index (χ0n) is 11.7. The highest BCUT2D eigenvalue weighted by Crippen LogP contribution is 2.23. The molecule has 0 saturated heterocycles. The molecule has 1 amide bonds. The molecule has 0 atom stereocenters. The van der Waals surface area contributed by atoms with Gasteiger partial charge in [-0.05, 0) is 41.1 Å². The lowest BCUT2D eigenvalue weighted by Gasteiger charge is -2.09. The fourth-order valence-electron chi connectivity index (χ4n) is 2.28. The van der Waals surface area contributed by atoms with E-state index < -0.39 is 0 Å². The average molecular weight is 344 g/mol. The van der Waals surface area contributed by atoms with Crippen LogP contribution >= 0.6 is 15.9 Å². The Morgan fingerprint density at radius 1 is 1.29 bits per heavy atom. The highest BCUT2D eigenvalue weighted by Gasteiger charge is 2.13. The number of halogens is 1. The molecule has 2 heterocycles. The molecule has 3 aromatic rings. The van der Waals surface area contributed by atoms with Crippen LogP contribution in [-0.4, -0.2) is 15.5 Å². The van der Waals surface area contributed by atoms with Crippen LogP contribution in [0.4, 0.5) is 5.69 Å². The van der Waals surface area contributed by atoms with E-state index in [-0.39, 0.29) is 5.91 Å². The van der Waals surface area contributed by atoms with E-state index in [1.807, 2.05) is 50.5 Å². The van der Waals surface area contributed by atoms with E-state index >= 15 is 0 Å². The zero-order chi connectivity index (χ0) is 15.0. The van der Waals surface area contributed by atoms with Gasteiger partial charge in [-0.15, -0.1) is 0 Å². The number of hydrogen-bond donors (Lipinski definition) is 1. The summed E-state index contributed by atoms with van der Waals surface area (Å²) in [7, 11) is 1.84. The number of para-hydroxylation sites is 1. The van der Waals surface area contributed by atoms with Crippen molar-refractivity contribution in [3.63, 3.8) is 0 Å². The van der Waals surface area contributed by atoms with Crippen LogP contribution in [0, 0.1) is 6.92 Å². The van der Waals surface area contributed by atoms with Gasteiger partial charge in [-0.25, -0.2) is 0 Å². The average Bonchev–Trinajstić information content (AvgIpc) is 2.78. The van der Waals surface area contributed by atoms with Crippen LogP contribution in [0.3, 0.4) is 0 Å². The fraction of sp³-hybridized carbons (Fsp3) is 0.125. The van der Waals surface area contributed by atoms with Crippen molar-refractivity contribution >= 4 is 38.4 Å². The van der Waals surface area contributed by atoms with Crippen LogP contribution in [-0.2, 0) is 7.05 Å². The van der Waals surface area contributed by atoms with Gasteiger partial charge in [0.2, 0.25) is 0 Å². The molecule has 4 nitrogen and oxygen atoms in total. The number of pyridine rings is 1. The number of aromatic nitrogens is 2. The SMILES string of the molecule is Cc1ccc2cccc(NC(=O)c3cc(Br)cn3C)c2n1. The van der Waals surface area contributed by atoms with Crippen molar-refractivity contribution in [1.29, 1.82) is 0 Å². The number of amides is 1. The lowest BCUT2D eigenvalue weighted by atomic mass is 10.1. The van der Waals surface area contributed by atoms with Gasteiger partial charge in [-0.3, -0.25) is 9.78 Å². The van der Waals surface area contributed by atoms with Gasteiger partial charge in [0.25, 0.3) is 5.91 Å². The Bertz CT molecular complexity index is 839. The molecule has 0 spiro atoms. The predicted molar refractivity (Wildman–Crippen MR) is 87.5 cm³/mol. The van der Waals surface area contributed by atoms with Gasteiger partial charge < -0.3 is 9.88 Å². The van der Waals surface area contributed by atoms with E-state index in [0.29, 0.717) is 5.69 Å². The third-order valence-electron chi connectivity index (χ3n) is 3.31.